The van der Waals surface area contributed by atoms with E-state index in [-0.39, 0.29) is 0 Å². The van der Waals surface area contributed by atoms with Crippen LogP contribution in [0.1, 0.15) is 6.42 Å². The molecule has 1 atom stereocenters. The van der Waals surface area contributed by atoms with Crippen molar-refractivity contribution in [3.8, 4) is 0 Å². The largest absolute Gasteiger partial charge is 0.316 e. The summed E-state index contributed by atoms with van der Waals surface area (Å²) in [7, 11) is 0. The highest BCUT2D eigenvalue weighted by Crippen LogP contribution is 2.24. The van der Waals surface area contributed by atoms with E-state index in [0.717, 1.165) is 18.1 Å². The Morgan fingerprint density at radius 3 is 3.00 bits per heavy atom. The molecule has 1 fully saturated rings. The quantitative estimate of drug-likeness (QED) is 0.813. The number of hydrogen-bond acceptors (Lipinski definition) is 4. The van der Waals surface area contributed by atoms with Gasteiger partial charge in [-0.3, -0.25) is 0 Å². The molecule has 1 aromatic rings. The Morgan fingerprint density at radius 2 is 2.38 bits per heavy atom. The molecule has 3 nitrogen and oxygen atoms in total. The zero-order valence-electron chi connectivity index (χ0n) is 7.03. The van der Waals surface area contributed by atoms with Gasteiger partial charge >= 0.3 is 0 Å². The molecule has 1 aromatic heterocycles. The van der Waals surface area contributed by atoms with Gasteiger partial charge in [0.1, 0.15) is 5.03 Å². The molecule has 0 bridgehead atoms. The summed E-state index contributed by atoms with van der Waals surface area (Å²) in [4.78, 5) is 0. The van der Waals surface area contributed by atoms with E-state index in [1.807, 2.05) is 6.07 Å². The Kier molecular flexibility index (Phi) is 3.03. The van der Waals surface area contributed by atoms with E-state index in [2.05, 4.69) is 15.5 Å². The molecule has 13 heavy (non-hydrogen) atoms. The molecule has 1 saturated heterocycles. The molecule has 70 valence electrons. The molecule has 0 aromatic carbocycles. The number of thioether (sulfide) groups is 1. The van der Waals surface area contributed by atoms with E-state index < -0.39 is 0 Å². The van der Waals surface area contributed by atoms with Crippen molar-refractivity contribution in [3.63, 3.8) is 0 Å². The van der Waals surface area contributed by atoms with Gasteiger partial charge in [0.05, 0.1) is 0 Å². The lowest BCUT2D eigenvalue weighted by Gasteiger charge is -2.05. The van der Waals surface area contributed by atoms with Gasteiger partial charge in [0, 0.05) is 11.8 Å². The first-order valence-corrected chi connectivity index (χ1v) is 5.47. The molecule has 1 aliphatic heterocycles. The average Bonchev–Trinajstić information content (AvgIpc) is 2.62. The van der Waals surface area contributed by atoms with Gasteiger partial charge in [-0.2, -0.15) is 0 Å². The third-order valence-corrected chi connectivity index (χ3v) is 3.31. The number of halogens is 1. The van der Waals surface area contributed by atoms with Crippen molar-refractivity contribution in [3.05, 3.63) is 17.3 Å². The minimum absolute atomic E-state index is 0.453. The molecule has 1 N–H and O–H groups in total. The number of nitrogens with zero attached hydrogens (tertiary/aromatic N) is 2. The third kappa shape index (κ3) is 2.56. The normalized spacial score (nSPS) is 22.1. The standard InChI is InChI=1S/C8H10ClN3S/c9-7-1-2-8(12-11-7)13-6-3-4-10-5-6/h1-2,6,10H,3-5H2/t6-/m1/s1. The van der Waals surface area contributed by atoms with Crippen molar-refractivity contribution in [2.24, 2.45) is 0 Å². The van der Waals surface area contributed by atoms with Gasteiger partial charge in [0.25, 0.3) is 0 Å². The molecule has 0 saturated carbocycles. The zero-order chi connectivity index (χ0) is 9.10. The predicted molar refractivity (Wildman–Crippen MR) is 54.2 cm³/mol. The monoisotopic (exact) mass is 215 g/mol. The van der Waals surface area contributed by atoms with E-state index in [4.69, 9.17) is 11.6 Å². The Morgan fingerprint density at radius 1 is 1.46 bits per heavy atom. The van der Waals surface area contributed by atoms with Crippen LogP contribution in [0.15, 0.2) is 17.2 Å². The topological polar surface area (TPSA) is 37.8 Å². The lowest BCUT2D eigenvalue weighted by Crippen LogP contribution is -2.10. The van der Waals surface area contributed by atoms with E-state index >= 15 is 0 Å². The number of hydrogen-bond donors (Lipinski definition) is 1. The fourth-order valence-corrected chi connectivity index (χ4v) is 2.38. The van der Waals surface area contributed by atoms with E-state index in [9.17, 15) is 0 Å². The number of aromatic nitrogens is 2. The molecular formula is C8H10ClN3S. The van der Waals surface area contributed by atoms with E-state index in [1.165, 1.54) is 6.42 Å². The van der Waals surface area contributed by atoms with Crippen molar-refractivity contribution in [1.29, 1.82) is 0 Å². The minimum Gasteiger partial charge on any atom is -0.316 e. The van der Waals surface area contributed by atoms with Crippen LogP contribution in [0, 0.1) is 0 Å². The Balaban J connectivity index is 1.97. The van der Waals surface area contributed by atoms with E-state index in [1.54, 1.807) is 17.8 Å². The van der Waals surface area contributed by atoms with Gasteiger partial charge in [-0.25, -0.2) is 0 Å². The summed E-state index contributed by atoms with van der Waals surface area (Å²) in [5.74, 6) is 0. The second-order valence-electron chi connectivity index (χ2n) is 2.93. The van der Waals surface area contributed by atoms with Crippen LogP contribution in [-0.2, 0) is 0 Å². The maximum absolute atomic E-state index is 5.63. The van der Waals surface area contributed by atoms with Crippen LogP contribution in [0.25, 0.3) is 0 Å². The summed E-state index contributed by atoms with van der Waals surface area (Å²) < 4.78 is 0. The van der Waals surface area contributed by atoms with Crippen LogP contribution in [0.3, 0.4) is 0 Å². The zero-order valence-corrected chi connectivity index (χ0v) is 8.61. The van der Waals surface area contributed by atoms with Crippen LogP contribution in [0.5, 0.6) is 0 Å². The molecule has 0 unspecified atom stereocenters. The van der Waals surface area contributed by atoms with Crippen molar-refractivity contribution in [2.45, 2.75) is 16.7 Å². The maximum Gasteiger partial charge on any atom is 0.151 e. The fourth-order valence-electron chi connectivity index (χ4n) is 1.27. The van der Waals surface area contributed by atoms with Crippen molar-refractivity contribution in [2.75, 3.05) is 13.1 Å². The molecule has 5 heteroatoms. The maximum atomic E-state index is 5.63. The first-order valence-electron chi connectivity index (χ1n) is 4.21. The first-order chi connectivity index (χ1) is 6.34. The van der Waals surface area contributed by atoms with Gasteiger partial charge in [-0.05, 0) is 25.1 Å². The Labute approximate surface area is 86.3 Å². The van der Waals surface area contributed by atoms with Crippen LogP contribution in [-0.4, -0.2) is 28.5 Å². The average molecular weight is 216 g/mol. The highest BCUT2D eigenvalue weighted by molar-refractivity contribution is 7.99. The molecule has 0 spiro atoms. The molecule has 0 amide bonds. The van der Waals surface area contributed by atoms with Gasteiger partial charge in [-0.1, -0.05) is 23.4 Å². The predicted octanol–water partition coefficient (Wildman–Crippen LogP) is 1.58. The summed E-state index contributed by atoms with van der Waals surface area (Å²) in [5.41, 5.74) is 0. The van der Waals surface area contributed by atoms with Gasteiger partial charge in [0.2, 0.25) is 0 Å². The van der Waals surface area contributed by atoms with Gasteiger partial charge < -0.3 is 5.32 Å². The van der Waals surface area contributed by atoms with Crippen molar-refractivity contribution >= 4 is 23.4 Å². The fraction of sp³-hybridized carbons (Fsp3) is 0.500. The summed E-state index contributed by atoms with van der Waals surface area (Å²) in [5, 5.41) is 13.1. The Hall–Kier alpha value is -0.320. The van der Waals surface area contributed by atoms with Gasteiger partial charge in [-0.15, -0.1) is 10.2 Å². The van der Waals surface area contributed by atoms with Gasteiger partial charge in [0.15, 0.2) is 5.15 Å². The molecule has 1 aliphatic rings. The Bertz CT molecular complexity index is 271. The van der Waals surface area contributed by atoms with Crippen LogP contribution >= 0.6 is 23.4 Å². The summed E-state index contributed by atoms with van der Waals surface area (Å²) in [6, 6.07) is 3.69. The third-order valence-electron chi connectivity index (χ3n) is 1.91. The van der Waals surface area contributed by atoms with Crippen LogP contribution in [0.4, 0.5) is 0 Å². The highest BCUT2D eigenvalue weighted by atomic mass is 35.5. The molecule has 0 radical (unpaired) electrons. The summed E-state index contributed by atoms with van der Waals surface area (Å²) in [6.45, 7) is 2.17. The highest BCUT2D eigenvalue weighted by Gasteiger charge is 2.16. The lowest BCUT2D eigenvalue weighted by atomic mass is 10.4. The molecule has 0 aliphatic carbocycles. The van der Waals surface area contributed by atoms with Crippen molar-refractivity contribution in [1.82, 2.24) is 15.5 Å². The first kappa shape index (κ1) is 9.24. The molecule has 2 heterocycles. The molecule has 2 rings (SSSR count). The molecular weight excluding hydrogens is 206 g/mol. The lowest BCUT2D eigenvalue weighted by molar-refractivity contribution is 0.857. The summed E-state index contributed by atoms with van der Waals surface area (Å²) in [6.07, 6.45) is 1.20. The number of rotatable bonds is 2. The number of nitrogens with one attached hydrogen (secondary N) is 1. The van der Waals surface area contributed by atoms with Crippen molar-refractivity contribution < 1.29 is 0 Å². The second kappa shape index (κ2) is 4.26. The SMILES string of the molecule is Clc1ccc(S[C@@H]2CCNC2)nn1. The summed E-state index contributed by atoms with van der Waals surface area (Å²) >= 11 is 7.40. The smallest absolute Gasteiger partial charge is 0.151 e. The minimum atomic E-state index is 0.453. The van der Waals surface area contributed by atoms with E-state index in [0.29, 0.717) is 10.4 Å². The second-order valence-corrected chi connectivity index (χ2v) is 4.63. The van der Waals surface area contributed by atoms with Crippen LogP contribution in [0.2, 0.25) is 5.15 Å². The van der Waals surface area contributed by atoms with Crippen LogP contribution < -0.4 is 5.32 Å².